The molecule has 1 unspecified atom stereocenters. The van der Waals surface area contributed by atoms with Crippen molar-refractivity contribution in [3.63, 3.8) is 0 Å². The Morgan fingerprint density at radius 1 is 1.00 bits per heavy atom. The molecule has 2 aromatic carbocycles. The van der Waals surface area contributed by atoms with Gasteiger partial charge in [0.25, 0.3) is 0 Å². The van der Waals surface area contributed by atoms with Crippen LogP contribution in [0.4, 0.5) is 11.4 Å². The van der Waals surface area contributed by atoms with Gasteiger partial charge >= 0.3 is 0 Å². The summed E-state index contributed by atoms with van der Waals surface area (Å²) in [6.07, 6.45) is 7.86. The number of rotatable bonds is 2. The van der Waals surface area contributed by atoms with Crippen molar-refractivity contribution >= 4 is 11.4 Å². The second-order valence-corrected chi connectivity index (χ2v) is 6.87. The zero-order valence-corrected chi connectivity index (χ0v) is 19.8. The van der Waals surface area contributed by atoms with E-state index in [-0.39, 0.29) is 26.3 Å². The first-order valence-corrected chi connectivity index (χ1v) is 9.26. The van der Waals surface area contributed by atoms with E-state index in [2.05, 4.69) is 32.1 Å². The van der Waals surface area contributed by atoms with Gasteiger partial charge in [-0.3, -0.25) is 0 Å². The van der Waals surface area contributed by atoms with E-state index in [4.69, 9.17) is 10.5 Å². The Labute approximate surface area is 198 Å². The molecule has 7 heteroatoms. The van der Waals surface area contributed by atoms with Crippen LogP contribution in [0.2, 0.25) is 0 Å². The van der Waals surface area contributed by atoms with E-state index in [0.717, 1.165) is 16.9 Å². The number of hydrogen-bond donors (Lipinski definition) is 0. The van der Waals surface area contributed by atoms with E-state index in [9.17, 15) is 0 Å². The van der Waals surface area contributed by atoms with Gasteiger partial charge in [-0.15, -0.1) is 17.8 Å². The molecule has 161 valence electrons. The minimum atomic E-state index is 0. The Balaban J connectivity index is 0.000000215. The van der Waals surface area contributed by atoms with Gasteiger partial charge in [0.05, 0.1) is 6.07 Å². The summed E-state index contributed by atoms with van der Waals surface area (Å²) in [7, 11) is 3.93. The quantitative estimate of drug-likeness (QED) is 0.499. The monoisotopic (exact) mass is 587 g/mol. The van der Waals surface area contributed by atoms with Crippen molar-refractivity contribution in [3.05, 3.63) is 104 Å². The van der Waals surface area contributed by atoms with Gasteiger partial charge in [-0.05, 0) is 31.2 Å². The summed E-state index contributed by atoms with van der Waals surface area (Å²) < 4.78 is 0. The zero-order valence-electron chi connectivity index (χ0n) is 17.4. The fourth-order valence-electron chi connectivity index (χ4n) is 2.96. The first kappa shape index (κ1) is 23.9. The van der Waals surface area contributed by atoms with Crippen LogP contribution in [0.15, 0.2) is 61.2 Å². The van der Waals surface area contributed by atoms with Crippen molar-refractivity contribution in [3.8, 4) is 12.1 Å². The average molecular weight is 587 g/mol. The second kappa shape index (κ2) is 10.6. The van der Waals surface area contributed by atoms with E-state index in [1.165, 1.54) is 0 Å². The molecule has 0 amide bonds. The third-order valence-corrected chi connectivity index (χ3v) is 4.71. The minimum Gasteiger partial charge on any atom is -0.510 e. The molecule has 0 N–H and O–H groups in total. The third-order valence-electron chi connectivity index (χ3n) is 4.71. The van der Waals surface area contributed by atoms with Crippen molar-refractivity contribution in [1.82, 2.24) is 9.80 Å². The van der Waals surface area contributed by atoms with Crippen molar-refractivity contribution in [2.24, 2.45) is 0 Å². The van der Waals surface area contributed by atoms with Crippen LogP contribution in [-0.4, -0.2) is 30.1 Å². The average Bonchev–Trinajstić information content (AvgIpc) is 3.34. The molecule has 2 aromatic rings. The maximum absolute atomic E-state index is 8.79. The minimum absolute atomic E-state index is 0. The van der Waals surface area contributed by atoms with Gasteiger partial charge in [0.1, 0.15) is 0 Å². The van der Waals surface area contributed by atoms with Crippen LogP contribution in [0.25, 0.3) is 0 Å². The molecule has 0 saturated heterocycles. The second-order valence-electron chi connectivity index (χ2n) is 6.87. The number of nitriles is 2. The molecule has 31 heavy (non-hydrogen) atoms. The van der Waals surface area contributed by atoms with Crippen molar-refractivity contribution in [1.29, 1.82) is 10.5 Å². The van der Waals surface area contributed by atoms with Gasteiger partial charge < -0.3 is 26.5 Å². The van der Waals surface area contributed by atoms with Gasteiger partial charge in [-0.2, -0.15) is 42.6 Å². The molecule has 2 aliphatic rings. The van der Waals surface area contributed by atoms with Crippen LogP contribution in [0.5, 0.6) is 0 Å². The number of anilines is 2. The Morgan fingerprint density at radius 3 is 2.19 bits per heavy atom. The van der Waals surface area contributed by atoms with E-state index in [1.54, 1.807) is 24.3 Å². The van der Waals surface area contributed by atoms with Crippen LogP contribution in [0.1, 0.15) is 16.7 Å². The molecule has 2 heterocycles. The molecule has 0 aliphatic carbocycles. The Bertz CT molecular complexity index is 1030. The molecule has 0 saturated carbocycles. The molecule has 6 nitrogen and oxygen atoms in total. The van der Waals surface area contributed by atoms with Gasteiger partial charge in [0.15, 0.2) is 0 Å². The zero-order chi connectivity index (χ0) is 21.7. The summed E-state index contributed by atoms with van der Waals surface area (Å²) in [5.41, 5.74) is 4.02. The molecule has 0 aromatic heterocycles. The van der Waals surface area contributed by atoms with Gasteiger partial charge in [-0.1, -0.05) is 23.4 Å². The molecule has 0 bridgehead atoms. The Kier molecular flexibility index (Phi) is 8.16. The molecule has 1 radical (unpaired) electrons. The number of benzene rings is 2. The van der Waals surface area contributed by atoms with Gasteiger partial charge in [0, 0.05) is 45.6 Å². The van der Waals surface area contributed by atoms with E-state index in [0.29, 0.717) is 11.1 Å². The number of nitrogens with zero attached hydrogens (tertiary/aromatic N) is 6. The van der Waals surface area contributed by atoms with Crippen LogP contribution in [0, 0.1) is 49.2 Å². The summed E-state index contributed by atoms with van der Waals surface area (Å²) in [4.78, 5) is 7.94. The van der Waals surface area contributed by atoms with Crippen LogP contribution < -0.4 is 9.80 Å². The van der Waals surface area contributed by atoms with Crippen molar-refractivity contribution < 1.29 is 20.1 Å². The van der Waals surface area contributed by atoms with E-state index in [1.807, 2.05) is 77.3 Å². The first-order chi connectivity index (χ1) is 14.4. The van der Waals surface area contributed by atoms with Gasteiger partial charge in [-0.25, -0.2) is 5.26 Å². The summed E-state index contributed by atoms with van der Waals surface area (Å²) in [6.45, 7) is 9.96. The Morgan fingerprint density at radius 2 is 1.71 bits per heavy atom. The van der Waals surface area contributed by atoms with Crippen molar-refractivity contribution in [2.45, 2.75) is 6.17 Å². The molecule has 0 fully saturated rings. The normalized spacial score (nSPS) is 16.4. The van der Waals surface area contributed by atoms with Crippen LogP contribution in [-0.2, 0) is 20.1 Å². The summed E-state index contributed by atoms with van der Waals surface area (Å²) >= 11 is 0. The van der Waals surface area contributed by atoms with Gasteiger partial charge in [0.2, 0.25) is 0 Å². The predicted molar refractivity (Wildman–Crippen MR) is 118 cm³/mol. The molecule has 4 rings (SSSR count). The van der Waals surface area contributed by atoms with E-state index < -0.39 is 0 Å². The molecule has 2 aliphatic heterocycles. The molecular formula is C24H22IrN6-4. The maximum atomic E-state index is 8.79. The summed E-state index contributed by atoms with van der Waals surface area (Å²) in [5, 5.41) is 17.4. The molecule has 1 atom stereocenters. The van der Waals surface area contributed by atoms with Crippen LogP contribution >= 0.6 is 0 Å². The molecule has 0 spiro atoms. The fraction of sp³-hybridized carbons (Fsp3) is 0.125. The van der Waals surface area contributed by atoms with Crippen molar-refractivity contribution in [2.75, 3.05) is 23.9 Å². The third kappa shape index (κ3) is 5.61. The summed E-state index contributed by atoms with van der Waals surface area (Å²) in [5.74, 6) is 0. The maximum Gasteiger partial charge on any atom is 0.0856 e. The fourth-order valence-corrected chi connectivity index (χ4v) is 2.96. The standard InChI is InChI=1S/C13H13N3.C11H9N3.Ir/c1-10-8-12(9-14)4-5-13(10)16-7-6-15(3)11(16)2;1-13-6-7-14(9-13)11-4-2-10(8-12)3-5-11;/h4-8,11H,1-2H2,3H3;2-4,6-7,9H,1H3;/q2*-2;. The largest absolute Gasteiger partial charge is 0.510 e. The summed E-state index contributed by atoms with van der Waals surface area (Å²) in [6, 6.07) is 18.0. The Hall–Kier alpha value is -3.38. The topological polar surface area (TPSA) is 60.5 Å². The molecular weight excluding hydrogens is 565 g/mol. The smallest absolute Gasteiger partial charge is 0.0856 e. The van der Waals surface area contributed by atoms with E-state index >= 15 is 0 Å². The van der Waals surface area contributed by atoms with Crippen LogP contribution in [0.3, 0.4) is 0 Å². The SMILES string of the molecule is CN1C=CN(c2[c-]cc(C#N)cc2)[CH-]1.[CH2-]c1cc(C#N)ccc1N1C=CN(C)C1[CH2-].[Ir]. The number of hydrogen-bond acceptors (Lipinski definition) is 6. The first-order valence-electron chi connectivity index (χ1n) is 9.26. The predicted octanol–water partition coefficient (Wildman–Crippen LogP) is 3.82.